The molecule has 1 heterocycles. The molecule has 0 radical (unpaired) electrons. The van der Waals surface area contributed by atoms with Crippen molar-refractivity contribution in [1.29, 1.82) is 5.26 Å². The SMILES string of the molecule is C[C@@H](C(=O)Nc1ccc(C#N)c(Cl)c1)[NH+]1CCOCC1. The number of halogens is 1. The molecule has 2 rings (SSSR count). The molecule has 0 bridgehead atoms. The molecule has 5 nitrogen and oxygen atoms in total. The highest BCUT2D eigenvalue weighted by atomic mass is 35.5. The lowest BCUT2D eigenvalue weighted by atomic mass is 10.2. The van der Waals surface area contributed by atoms with Crippen molar-refractivity contribution < 1.29 is 14.4 Å². The number of rotatable bonds is 3. The number of anilines is 1. The third-order valence-electron chi connectivity index (χ3n) is 3.50. The van der Waals surface area contributed by atoms with Crippen molar-refractivity contribution in [3.8, 4) is 6.07 Å². The van der Waals surface area contributed by atoms with E-state index in [1.54, 1.807) is 18.2 Å². The Morgan fingerprint density at radius 2 is 2.20 bits per heavy atom. The Kier molecular flexibility index (Phi) is 4.96. The van der Waals surface area contributed by atoms with E-state index in [4.69, 9.17) is 21.6 Å². The van der Waals surface area contributed by atoms with Crippen LogP contribution in [-0.2, 0) is 9.53 Å². The van der Waals surface area contributed by atoms with Crippen LogP contribution in [-0.4, -0.2) is 38.3 Å². The van der Waals surface area contributed by atoms with Crippen LogP contribution >= 0.6 is 11.6 Å². The van der Waals surface area contributed by atoms with Crippen molar-refractivity contribution >= 4 is 23.2 Å². The van der Waals surface area contributed by atoms with Crippen LogP contribution in [0, 0.1) is 11.3 Å². The largest absolute Gasteiger partial charge is 0.370 e. The predicted octanol–water partition coefficient (Wildman–Crippen LogP) is 0.454. The normalized spacial score (nSPS) is 17.2. The van der Waals surface area contributed by atoms with Crippen LogP contribution in [0.1, 0.15) is 12.5 Å². The maximum absolute atomic E-state index is 12.2. The highest BCUT2D eigenvalue weighted by Crippen LogP contribution is 2.20. The zero-order chi connectivity index (χ0) is 14.5. The number of carbonyl (C=O) groups is 1. The molecule has 1 atom stereocenters. The summed E-state index contributed by atoms with van der Waals surface area (Å²) in [4.78, 5) is 13.4. The zero-order valence-electron chi connectivity index (χ0n) is 11.3. The summed E-state index contributed by atoms with van der Waals surface area (Å²) in [6.45, 7) is 4.96. The van der Waals surface area contributed by atoms with Crippen molar-refractivity contribution in [3.63, 3.8) is 0 Å². The van der Waals surface area contributed by atoms with E-state index in [1.165, 1.54) is 4.90 Å². The Balaban J connectivity index is 2.00. The highest BCUT2D eigenvalue weighted by molar-refractivity contribution is 6.32. The molecule has 6 heteroatoms. The summed E-state index contributed by atoms with van der Waals surface area (Å²) < 4.78 is 5.29. The summed E-state index contributed by atoms with van der Waals surface area (Å²) in [7, 11) is 0. The van der Waals surface area contributed by atoms with Crippen LogP contribution in [0.25, 0.3) is 0 Å². The van der Waals surface area contributed by atoms with Gasteiger partial charge in [0.05, 0.1) is 23.8 Å². The standard InChI is InChI=1S/C14H16ClN3O2/c1-10(18-4-6-20-7-5-18)14(19)17-12-3-2-11(9-16)13(15)8-12/h2-3,8,10H,4-7H2,1H3,(H,17,19)/p+1/t10-/m0/s1. The van der Waals surface area contributed by atoms with Crippen molar-refractivity contribution in [2.45, 2.75) is 13.0 Å². The fourth-order valence-electron chi connectivity index (χ4n) is 2.19. The van der Waals surface area contributed by atoms with Gasteiger partial charge in [0.15, 0.2) is 6.04 Å². The molecule has 1 aromatic carbocycles. The van der Waals surface area contributed by atoms with Crippen LogP contribution in [0.3, 0.4) is 0 Å². The molecule has 1 aliphatic heterocycles. The molecule has 0 unspecified atom stereocenters. The minimum atomic E-state index is -0.145. The van der Waals surface area contributed by atoms with Gasteiger partial charge in [-0.1, -0.05) is 11.6 Å². The van der Waals surface area contributed by atoms with Gasteiger partial charge in [0.25, 0.3) is 5.91 Å². The lowest BCUT2D eigenvalue weighted by molar-refractivity contribution is -0.921. The van der Waals surface area contributed by atoms with E-state index < -0.39 is 0 Å². The molecular weight excluding hydrogens is 278 g/mol. The van der Waals surface area contributed by atoms with E-state index >= 15 is 0 Å². The number of ether oxygens (including phenoxy) is 1. The number of nitrogens with one attached hydrogen (secondary N) is 2. The first kappa shape index (κ1) is 14.8. The van der Waals surface area contributed by atoms with Crippen LogP contribution < -0.4 is 10.2 Å². The second-order valence-corrected chi connectivity index (χ2v) is 5.20. The molecule has 2 N–H and O–H groups in total. The van der Waals surface area contributed by atoms with Crippen molar-refractivity contribution in [2.24, 2.45) is 0 Å². The maximum Gasteiger partial charge on any atom is 0.282 e. The minimum Gasteiger partial charge on any atom is -0.370 e. The van der Waals surface area contributed by atoms with Gasteiger partial charge in [0.2, 0.25) is 0 Å². The third-order valence-corrected chi connectivity index (χ3v) is 3.81. The number of benzene rings is 1. The van der Waals surface area contributed by atoms with Crippen molar-refractivity contribution in [3.05, 3.63) is 28.8 Å². The van der Waals surface area contributed by atoms with Crippen molar-refractivity contribution in [1.82, 2.24) is 0 Å². The van der Waals surface area contributed by atoms with E-state index in [0.29, 0.717) is 29.5 Å². The van der Waals surface area contributed by atoms with Gasteiger partial charge < -0.3 is 15.0 Å². The number of hydrogen-bond donors (Lipinski definition) is 2. The average molecular weight is 295 g/mol. The highest BCUT2D eigenvalue weighted by Gasteiger charge is 2.26. The van der Waals surface area contributed by atoms with E-state index in [-0.39, 0.29) is 11.9 Å². The number of morpholine rings is 1. The summed E-state index contributed by atoms with van der Waals surface area (Å²) in [5.74, 6) is -0.0531. The maximum atomic E-state index is 12.2. The van der Waals surface area contributed by atoms with E-state index in [0.717, 1.165) is 13.1 Å². The number of quaternary nitrogens is 1. The lowest BCUT2D eigenvalue weighted by Crippen LogP contribution is -3.18. The molecular formula is C14H17ClN3O2+. The number of hydrogen-bond acceptors (Lipinski definition) is 3. The fourth-order valence-corrected chi connectivity index (χ4v) is 2.41. The molecule has 0 aliphatic carbocycles. The predicted molar refractivity (Wildman–Crippen MR) is 75.8 cm³/mol. The van der Waals surface area contributed by atoms with Gasteiger partial charge in [-0.2, -0.15) is 5.26 Å². The van der Waals surface area contributed by atoms with Crippen LogP contribution in [0.4, 0.5) is 5.69 Å². The van der Waals surface area contributed by atoms with Crippen molar-refractivity contribution in [2.75, 3.05) is 31.6 Å². The molecule has 0 aromatic heterocycles. The first-order valence-corrected chi connectivity index (χ1v) is 6.92. The molecule has 1 saturated heterocycles. The first-order valence-electron chi connectivity index (χ1n) is 6.54. The topological polar surface area (TPSA) is 66.6 Å². The molecule has 1 amide bonds. The van der Waals surface area contributed by atoms with Gasteiger partial charge in [-0.25, -0.2) is 0 Å². The Hall–Kier alpha value is -1.61. The smallest absolute Gasteiger partial charge is 0.282 e. The molecule has 1 fully saturated rings. The monoisotopic (exact) mass is 294 g/mol. The number of carbonyl (C=O) groups excluding carboxylic acids is 1. The summed E-state index contributed by atoms with van der Waals surface area (Å²) in [6.07, 6.45) is 0. The lowest BCUT2D eigenvalue weighted by Gasteiger charge is -2.28. The van der Waals surface area contributed by atoms with Crippen LogP contribution in [0.5, 0.6) is 0 Å². The molecule has 106 valence electrons. The zero-order valence-corrected chi connectivity index (χ0v) is 12.0. The first-order chi connectivity index (χ1) is 9.61. The van der Waals surface area contributed by atoms with Gasteiger partial charge in [-0.15, -0.1) is 0 Å². The van der Waals surface area contributed by atoms with E-state index in [2.05, 4.69) is 5.32 Å². The number of amides is 1. The third kappa shape index (κ3) is 3.48. The number of nitriles is 1. The van der Waals surface area contributed by atoms with Gasteiger partial charge in [0, 0.05) is 5.69 Å². The van der Waals surface area contributed by atoms with E-state index in [1.807, 2.05) is 13.0 Å². The van der Waals surface area contributed by atoms with Gasteiger partial charge in [-0.3, -0.25) is 4.79 Å². The summed E-state index contributed by atoms with van der Waals surface area (Å²) >= 11 is 5.95. The Bertz CT molecular complexity index is 536. The molecule has 20 heavy (non-hydrogen) atoms. The number of nitrogens with zero attached hydrogens (tertiary/aromatic N) is 1. The molecule has 1 aromatic rings. The molecule has 0 saturated carbocycles. The van der Waals surface area contributed by atoms with Gasteiger partial charge in [0.1, 0.15) is 19.2 Å². The molecule has 0 spiro atoms. The Morgan fingerprint density at radius 3 is 2.80 bits per heavy atom. The summed E-state index contributed by atoms with van der Waals surface area (Å²) in [5, 5.41) is 12.0. The summed E-state index contributed by atoms with van der Waals surface area (Å²) in [5.41, 5.74) is 1.01. The Labute approximate surface area is 123 Å². The van der Waals surface area contributed by atoms with E-state index in [9.17, 15) is 4.79 Å². The van der Waals surface area contributed by atoms with Crippen LogP contribution in [0.2, 0.25) is 5.02 Å². The molecule has 1 aliphatic rings. The summed E-state index contributed by atoms with van der Waals surface area (Å²) in [6, 6.07) is 6.72. The van der Waals surface area contributed by atoms with Gasteiger partial charge in [-0.05, 0) is 25.1 Å². The average Bonchev–Trinajstić information content (AvgIpc) is 2.47. The van der Waals surface area contributed by atoms with Crippen LogP contribution in [0.15, 0.2) is 18.2 Å². The Morgan fingerprint density at radius 1 is 1.50 bits per heavy atom. The minimum absolute atomic E-state index is 0.0531. The second kappa shape index (κ2) is 6.71. The second-order valence-electron chi connectivity index (χ2n) is 4.79. The fraction of sp³-hybridized carbons (Fsp3) is 0.429. The quantitative estimate of drug-likeness (QED) is 0.851. The van der Waals surface area contributed by atoms with Gasteiger partial charge >= 0.3 is 0 Å².